The van der Waals surface area contributed by atoms with Crippen LogP contribution in [0, 0.1) is 0 Å². The predicted molar refractivity (Wildman–Crippen MR) is 84.0 cm³/mol. The summed E-state index contributed by atoms with van der Waals surface area (Å²) < 4.78 is 0.775. The van der Waals surface area contributed by atoms with Crippen LogP contribution < -0.4 is 5.56 Å². The number of nitrogens with zero attached hydrogens (tertiary/aromatic N) is 1. The number of hydrogen-bond donors (Lipinski definition) is 2. The van der Waals surface area contributed by atoms with Crippen molar-refractivity contribution in [2.24, 2.45) is 0 Å². The number of fused-ring (bicyclic) bond motifs is 1. The first-order valence-electron chi connectivity index (χ1n) is 6.84. The molecule has 1 aromatic heterocycles. The molecular formula is C15H13BrN2O4. The molecule has 1 fully saturated rings. The lowest BCUT2D eigenvalue weighted by Crippen LogP contribution is -2.40. The van der Waals surface area contributed by atoms with Crippen LogP contribution in [-0.2, 0) is 4.79 Å². The van der Waals surface area contributed by atoms with E-state index in [1.165, 1.54) is 11.0 Å². The van der Waals surface area contributed by atoms with Crippen molar-refractivity contribution in [1.29, 1.82) is 0 Å². The van der Waals surface area contributed by atoms with E-state index in [9.17, 15) is 19.5 Å². The highest BCUT2D eigenvalue weighted by molar-refractivity contribution is 9.10. The number of H-pyrrole nitrogens is 1. The number of nitrogens with one attached hydrogen (secondary N) is 1. The zero-order valence-electron chi connectivity index (χ0n) is 11.5. The van der Waals surface area contributed by atoms with Gasteiger partial charge in [-0.2, -0.15) is 0 Å². The van der Waals surface area contributed by atoms with E-state index < -0.39 is 17.9 Å². The average molecular weight is 365 g/mol. The summed E-state index contributed by atoms with van der Waals surface area (Å²) in [5.74, 6) is -1.43. The van der Waals surface area contributed by atoms with E-state index >= 15 is 0 Å². The lowest BCUT2D eigenvalue weighted by molar-refractivity contribution is -0.141. The number of carbonyl (C=O) groups is 2. The molecule has 2 heterocycles. The molecule has 1 saturated heterocycles. The molecule has 1 aliphatic heterocycles. The van der Waals surface area contributed by atoms with Crippen LogP contribution in [0.15, 0.2) is 33.5 Å². The molecule has 1 atom stereocenters. The van der Waals surface area contributed by atoms with E-state index in [1.807, 2.05) is 0 Å². The number of benzene rings is 1. The standard InChI is InChI=1S/C15H13BrN2O4/c16-8-3-4-11-9(6-8)10(7-13(19)17-11)14(20)18-5-1-2-12(18)15(21)22/h3-4,6-7,12H,1-2,5H2,(H,17,19)(H,21,22). The molecule has 22 heavy (non-hydrogen) atoms. The van der Waals surface area contributed by atoms with Gasteiger partial charge in [0, 0.05) is 28.0 Å². The highest BCUT2D eigenvalue weighted by Gasteiger charge is 2.35. The first-order valence-corrected chi connectivity index (χ1v) is 7.63. The summed E-state index contributed by atoms with van der Waals surface area (Å²) in [6.07, 6.45) is 1.08. The summed E-state index contributed by atoms with van der Waals surface area (Å²) in [5.41, 5.74) is 0.391. The maximum atomic E-state index is 12.7. The molecule has 114 valence electrons. The van der Waals surface area contributed by atoms with Gasteiger partial charge in [-0.05, 0) is 31.0 Å². The molecule has 6 nitrogen and oxygen atoms in total. The summed E-state index contributed by atoms with van der Waals surface area (Å²) in [4.78, 5) is 39.8. The Labute approximate surface area is 133 Å². The average Bonchev–Trinajstić information content (AvgIpc) is 2.96. The van der Waals surface area contributed by atoms with Crippen LogP contribution in [0.5, 0.6) is 0 Å². The van der Waals surface area contributed by atoms with Gasteiger partial charge in [-0.25, -0.2) is 4.79 Å². The summed E-state index contributed by atoms with van der Waals surface area (Å²) in [5, 5.41) is 9.81. The van der Waals surface area contributed by atoms with Crippen LogP contribution in [0.3, 0.4) is 0 Å². The number of rotatable bonds is 2. The van der Waals surface area contributed by atoms with E-state index in [2.05, 4.69) is 20.9 Å². The van der Waals surface area contributed by atoms with Crippen molar-refractivity contribution in [3.8, 4) is 0 Å². The fourth-order valence-corrected chi connectivity index (χ4v) is 3.19. The molecule has 1 unspecified atom stereocenters. The van der Waals surface area contributed by atoms with Crippen LogP contribution in [-0.4, -0.2) is 39.5 Å². The number of halogens is 1. The van der Waals surface area contributed by atoms with Crippen LogP contribution in [0.1, 0.15) is 23.2 Å². The molecule has 2 aromatic rings. The van der Waals surface area contributed by atoms with Crippen LogP contribution in [0.4, 0.5) is 0 Å². The van der Waals surface area contributed by atoms with Gasteiger partial charge in [0.1, 0.15) is 6.04 Å². The SMILES string of the molecule is O=C(O)C1CCCN1C(=O)c1cc(=O)[nH]c2ccc(Br)cc12. The molecular weight excluding hydrogens is 352 g/mol. The first-order chi connectivity index (χ1) is 10.5. The van der Waals surface area contributed by atoms with Crippen molar-refractivity contribution in [3.63, 3.8) is 0 Å². The third-order valence-electron chi connectivity index (χ3n) is 3.83. The molecule has 3 rings (SSSR count). The molecule has 2 N–H and O–H groups in total. The van der Waals surface area contributed by atoms with Crippen LogP contribution >= 0.6 is 15.9 Å². The maximum Gasteiger partial charge on any atom is 0.326 e. The minimum absolute atomic E-state index is 0.230. The second-order valence-electron chi connectivity index (χ2n) is 5.23. The van der Waals surface area contributed by atoms with Gasteiger partial charge in [-0.15, -0.1) is 0 Å². The van der Waals surface area contributed by atoms with E-state index in [4.69, 9.17) is 0 Å². The van der Waals surface area contributed by atoms with Crippen LogP contribution in [0.2, 0.25) is 0 Å². The molecule has 0 spiro atoms. The monoisotopic (exact) mass is 364 g/mol. The van der Waals surface area contributed by atoms with Crippen molar-refractivity contribution < 1.29 is 14.7 Å². The third kappa shape index (κ3) is 2.52. The van der Waals surface area contributed by atoms with Gasteiger partial charge >= 0.3 is 5.97 Å². The highest BCUT2D eigenvalue weighted by atomic mass is 79.9. The fourth-order valence-electron chi connectivity index (χ4n) is 2.82. The Hall–Kier alpha value is -2.15. The van der Waals surface area contributed by atoms with Gasteiger partial charge in [-0.3, -0.25) is 9.59 Å². The quantitative estimate of drug-likeness (QED) is 0.852. The molecule has 0 aliphatic carbocycles. The first kappa shape index (κ1) is 14.8. The molecule has 0 bridgehead atoms. The number of aromatic amines is 1. The van der Waals surface area contributed by atoms with E-state index in [0.29, 0.717) is 30.3 Å². The lowest BCUT2D eigenvalue weighted by Gasteiger charge is -2.22. The number of amides is 1. The largest absolute Gasteiger partial charge is 0.480 e. The van der Waals surface area contributed by atoms with Gasteiger partial charge in [0.2, 0.25) is 5.56 Å². The summed E-state index contributed by atoms with van der Waals surface area (Å²) >= 11 is 3.34. The van der Waals surface area contributed by atoms with Crippen molar-refractivity contribution in [1.82, 2.24) is 9.88 Å². The number of carboxylic acid groups (broad SMARTS) is 1. The van der Waals surface area contributed by atoms with Crippen molar-refractivity contribution in [3.05, 3.63) is 44.7 Å². The Morgan fingerprint density at radius 3 is 2.82 bits per heavy atom. The third-order valence-corrected chi connectivity index (χ3v) is 4.33. The number of pyridine rings is 1. The Morgan fingerprint density at radius 2 is 2.09 bits per heavy atom. The zero-order valence-corrected chi connectivity index (χ0v) is 13.1. The number of carboxylic acids is 1. The van der Waals surface area contributed by atoms with Crippen molar-refractivity contribution in [2.75, 3.05) is 6.54 Å². The molecule has 7 heteroatoms. The normalized spacial score (nSPS) is 17.9. The Bertz CT molecular complexity index is 830. The minimum Gasteiger partial charge on any atom is -0.480 e. The number of carbonyl (C=O) groups excluding carboxylic acids is 1. The fraction of sp³-hybridized carbons (Fsp3) is 0.267. The lowest BCUT2D eigenvalue weighted by atomic mass is 10.1. The predicted octanol–water partition coefficient (Wildman–Crippen LogP) is 1.98. The van der Waals surface area contributed by atoms with Gasteiger partial charge < -0.3 is 15.0 Å². The number of aromatic nitrogens is 1. The molecule has 0 saturated carbocycles. The van der Waals surface area contributed by atoms with Crippen molar-refractivity contribution in [2.45, 2.75) is 18.9 Å². The van der Waals surface area contributed by atoms with Gasteiger partial charge in [0.15, 0.2) is 0 Å². The second-order valence-corrected chi connectivity index (χ2v) is 6.15. The minimum atomic E-state index is -1.01. The summed E-state index contributed by atoms with van der Waals surface area (Å²) in [6, 6.07) is 5.62. The summed E-state index contributed by atoms with van der Waals surface area (Å²) in [6.45, 7) is 0.387. The van der Waals surface area contributed by atoms with Gasteiger partial charge in [0.05, 0.1) is 5.56 Å². The van der Waals surface area contributed by atoms with Gasteiger partial charge in [-0.1, -0.05) is 15.9 Å². The van der Waals surface area contributed by atoms with E-state index in [0.717, 1.165) is 4.47 Å². The topological polar surface area (TPSA) is 90.5 Å². The van der Waals surface area contributed by atoms with Gasteiger partial charge in [0.25, 0.3) is 5.91 Å². The molecule has 1 aromatic carbocycles. The number of aliphatic carboxylic acids is 1. The van der Waals surface area contributed by atoms with E-state index in [-0.39, 0.29) is 11.1 Å². The second kappa shape index (κ2) is 5.57. The maximum absolute atomic E-state index is 12.7. The molecule has 1 amide bonds. The van der Waals surface area contributed by atoms with Crippen LogP contribution in [0.25, 0.3) is 10.9 Å². The van der Waals surface area contributed by atoms with Crippen molar-refractivity contribution >= 4 is 38.7 Å². The van der Waals surface area contributed by atoms with E-state index in [1.54, 1.807) is 18.2 Å². The molecule has 0 radical (unpaired) electrons. The Balaban J connectivity index is 2.13. The molecule has 1 aliphatic rings. The smallest absolute Gasteiger partial charge is 0.326 e. The Morgan fingerprint density at radius 1 is 1.32 bits per heavy atom. The highest BCUT2D eigenvalue weighted by Crippen LogP contribution is 2.25. The Kier molecular flexibility index (Phi) is 3.74. The number of likely N-dealkylation sites (tertiary alicyclic amines) is 1. The zero-order chi connectivity index (χ0) is 15.9. The number of hydrogen-bond acceptors (Lipinski definition) is 3. The summed E-state index contributed by atoms with van der Waals surface area (Å²) in [7, 11) is 0.